The molecule has 4 nitrogen and oxygen atoms in total. The van der Waals surface area contributed by atoms with Gasteiger partial charge in [0, 0.05) is 10.2 Å². The highest BCUT2D eigenvalue weighted by molar-refractivity contribution is 9.10. The molecule has 1 aromatic rings. The van der Waals surface area contributed by atoms with E-state index in [0.717, 1.165) is 15.7 Å². The maximum Gasteiger partial charge on any atom is 0.307 e. The zero-order valence-electron chi connectivity index (χ0n) is 9.94. The summed E-state index contributed by atoms with van der Waals surface area (Å²) in [6, 6.07) is 5.62. The molecule has 0 aromatic heterocycles. The van der Waals surface area contributed by atoms with Gasteiger partial charge in [0.2, 0.25) is 5.91 Å². The minimum Gasteiger partial charge on any atom is -0.481 e. The summed E-state index contributed by atoms with van der Waals surface area (Å²) >= 11 is 3.34. The van der Waals surface area contributed by atoms with Crippen LogP contribution in [0.25, 0.3) is 0 Å². The molecule has 1 aliphatic rings. The topological polar surface area (TPSA) is 66.4 Å². The summed E-state index contributed by atoms with van der Waals surface area (Å²) in [5, 5.41) is 11.7. The number of amides is 1. The van der Waals surface area contributed by atoms with Gasteiger partial charge in [0.15, 0.2) is 0 Å². The summed E-state index contributed by atoms with van der Waals surface area (Å²) in [6.07, 6.45) is 1.24. The maximum atomic E-state index is 12.0. The summed E-state index contributed by atoms with van der Waals surface area (Å²) in [6.45, 7) is 1.90. The molecule has 1 fully saturated rings. The Labute approximate surface area is 114 Å². The first-order valence-electron chi connectivity index (χ1n) is 5.79. The van der Waals surface area contributed by atoms with Crippen molar-refractivity contribution in [1.82, 2.24) is 0 Å². The number of carboxylic acids is 1. The molecule has 0 saturated heterocycles. The summed E-state index contributed by atoms with van der Waals surface area (Å²) in [5.41, 5.74) is 1.68. The second kappa shape index (κ2) is 5.10. The number of halogens is 1. The Morgan fingerprint density at radius 3 is 2.56 bits per heavy atom. The molecule has 1 amide bonds. The number of hydrogen-bond acceptors (Lipinski definition) is 2. The van der Waals surface area contributed by atoms with E-state index in [-0.39, 0.29) is 5.91 Å². The standard InChI is InChI=1S/C13H14BrNO3/c1-7-2-3-8(14)6-11(7)15-12(16)9-4-5-10(9)13(17)18/h2-3,6,9-10H,4-5H2,1H3,(H,15,16)(H,17,18). The van der Waals surface area contributed by atoms with Crippen LogP contribution in [0.5, 0.6) is 0 Å². The van der Waals surface area contributed by atoms with Crippen molar-refractivity contribution in [3.05, 3.63) is 28.2 Å². The molecule has 1 aromatic carbocycles. The van der Waals surface area contributed by atoms with E-state index in [1.807, 2.05) is 25.1 Å². The van der Waals surface area contributed by atoms with Crippen molar-refractivity contribution >= 4 is 33.5 Å². The molecule has 0 radical (unpaired) electrons. The van der Waals surface area contributed by atoms with Gasteiger partial charge in [0.05, 0.1) is 11.8 Å². The zero-order chi connectivity index (χ0) is 13.3. The third kappa shape index (κ3) is 2.56. The highest BCUT2D eigenvalue weighted by atomic mass is 79.9. The Balaban J connectivity index is 2.08. The normalized spacial score (nSPS) is 22.1. The molecule has 2 unspecified atom stereocenters. The van der Waals surface area contributed by atoms with E-state index < -0.39 is 17.8 Å². The highest BCUT2D eigenvalue weighted by Crippen LogP contribution is 2.35. The van der Waals surface area contributed by atoms with Gasteiger partial charge in [-0.05, 0) is 37.5 Å². The van der Waals surface area contributed by atoms with Gasteiger partial charge in [-0.3, -0.25) is 9.59 Å². The first-order chi connectivity index (χ1) is 8.49. The van der Waals surface area contributed by atoms with E-state index in [0.29, 0.717) is 12.8 Å². The first-order valence-corrected chi connectivity index (χ1v) is 6.58. The summed E-state index contributed by atoms with van der Waals surface area (Å²) in [5.74, 6) is -2.01. The molecule has 18 heavy (non-hydrogen) atoms. The van der Waals surface area contributed by atoms with Crippen LogP contribution in [-0.4, -0.2) is 17.0 Å². The largest absolute Gasteiger partial charge is 0.481 e. The van der Waals surface area contributed by atoms with Gasteiger partial charge in [-0.25, -0.2) is 0 Å². The number of rotatable bonds is 3. The lowest BCUT2D eigenvalue weighted by Gasteiger charge is -2.32. The Kier molecular flexibility index (Phi) is 3.71. The van der Waals surface area contributed by atoms with Gasteiger partial charge in [-0.1, -0.05) is 22.0 Å². The fraction of sp³-hybridized carbons (Fsp3) is 0.385. The van der Waals surface area contributed by atoms with Crippen LogP contribution in [-0.2, 0) is 9.59 Å². The van der Waals surface area contributed by atoms with Crippen molar-refractivity contribution in [2.75, 3.05) is 5.32 Å². The predicted molar refractivity (Wildman–Crippen MR) is 71.4 cm³/mol. The van der Waals surface area contributed by atoms with E-state index in [4.69, 9.17) is 5.11 Å². The molecule has 1 aliphatic carbocycles. The number of carboxylic acid groups (broad SMARTS) is 1. The van der Waals surface area contributed by atoms with Gasteiger partial charge < -0.3 is 10.4 Å². The molecule has 2 atom stereocenters. The summed E-state index contributed by atoms with van der Waals surface area (Å²) < 4.78 is 0.881. The molecule has 5 heteroatoms. The Morgan fingerprint density at radius 1 is 1.33 bits per heavy atom. The SMILES string of the molecule is Cc1ccc(Br)cc1NC(=O)C1CCC1C(=O)O. The van der Waals surface area contributed by atoms with E-state index in [1.165, 1.54) is 0 Å². The van der Waals surface area contributed by atoms with Crippen molar-refractivity contribution in [2.45, 2.75) is 19.8 Å². The average Bonchev–Trinajstić information content (AvgIpc) is 2.20. The third-order valence-electron chi connectivity index (χ3n) is 3.39. The molecular formula is C13H14BrNO3. The quantitative estimate of drug-likeness (QED) is 0.902. The van der Waals surface area contributed by atoms with Crippen molar-refractivity contribution in [3.63, 3.8) is 0 Å². The van der Waals surface area contributed by atoms with Gasteiger partial charge in [-0.15, -0.1) is 0 Å². The fourth-order valence-corrected chi connectivity index (χ4v) is 2.42. The highest BCUT2D eigenvalue weighted by Gasteiger charge is 2.41. The Morgan fingerprint density at radius 2 is 2.00 bits per heavy atom. The maximum absolute atomic E-state index is 12.0. The molecule has 0 bridgehead atoms. The number of aliphatic carboxylic acids is 1. The Hall–Kier alpha value is -1.36. The van der Waals surface area contributed by atoms with Crippen molar-refractivity contribution in [2.24, 2.45) is 11.8 Å². The van der Waals surface area contributed by atoms with Gasteiger partial charge in [0.25, 0.3) is 0 Å². The van der Waals surface area contributed by atoms with Crippen LogP contribution in [0.3, 0.4) is 0 Å². The molecule has 96 valence electrons. The molecule has 0 aliphatic heterocycles. The summed E-state index contributed by atoms with van der Waals surface area (Å²) in [7, 11) is 0. The monoisotopic (exact) mass is 311 g/mol. The van der Waals surface area contributed by atoms with Crippen LogP contribution in [0.4, 0.5) is 5.69 Å². The van der Waals surface area contributed by atoms with E-state index in [2.05, 4.69) is 21.2 Å². The minimum absolute atomic E-state index is 0.199. The number of carbonyl (C=O) groups excluding carboxylic acids is 1. The van der Waals surface area contributed by atoms with E-state index >= 15 is 0 Å². The van der Waals surface area contributed by atoms with Gasteiger partial charge in [0.1, 0.15) is 0 Å². The predicted octanol–water partition coefficient (Wildman–Crippen LogP) is 2.81. The van der Waals surface area contributed by atoms with Crippen LogP contribution in [0.15, 0.2) is 22.7 Å². The zero-order valence-corrected chi connectivity index (χ0v) is 11.5. The first kappa shape index (κ1) is 13.1. The van der Waals surface area contributed by atoms with Crippen molar-refractivity contribution in [1.29, 1.82) is 0 Å². The number of hydrogen-bond donors (Lipinski definition) is 2. The van der Waals surface area contributed by atoms with Crippen LogP contribution < -0.4 is 5.32 Å². The number of benzene rings is 1. The van der Waals surface area contributed by atoms with E-state index in [9.17, 15) is 9.59 Å². The lowest BCUT2D eigenvalue weighted by Crippen LogP contribution is -2.41. The second-order valence-electron chi connectivity index (χ2n) is 4.58. The minimum atomic E-state index is -0.882. The van der Waals surface area contributed by atoms with Crippen LogP contribution >= 0.6 is 15.9 Å². The van der Waals surface area contributed by atoms with E-state index in [1.54, 1.807) is 0 Å². The van der Waals surface area contributed by atoms with Crippen molar-refractivity contribution in [3.8, 4) is 0 Å². The fourth-order valence-electron chi connectivity index (χ4n) is 2.06. The molecule has 0 heterocycles. The van der Waals surface area contributed by atoms with Crippen LogP contribution in [0, 0.1) is 18.8 Å². The lowest BCUT2D eigenvalue weighted by atomic mass is 9.73. The number of anilines is 1. The van der Waals surface area contributed by atoms with Crippen LogP contribution in [0.1, 0.15) is 18.4 Å². The number of aryl methyl sites for hydroxylation is 1. The second-order valence-corrected chi connectivity index (χ2v) is 5.49. The molecule has 0 spiro atoms. The average molecular weight is 312 g/mol. The Bertz CT molecular complexity index is 501. The lowest BCUT2D eigenvalue weighted by molar-refractivity contribution is -0.151. The molecule has 2 N–H and O–H groups in total. The number of nitrogens with one attached hydrogen (secondary N) is 1. The third-order valence-corrected chi connectivity index (χ3v) is 3.88. The molecule has 1 saturated carbocycles. The van der Waals surface area contributed by atoms with Gasteiger partial charge in [-0.2, -0.15) is 0 Å². The van der Waals surface area contributed by atoms with Crippen LogP contribution in [0.2, 0.25) is 0 Å². The summed E-state index contributed by atoms with van der Waals surface area (Å²) in [4.78, 5) is 22.9. The molecule has 2 rings (SSSR count). The number of carbonyl (C=O) groups is 2. The molecular weight excluding hydrogens is 298 g/mol. The smallest absolute Gasteiger partial charge is 0.307 e. The van der Waals surface area contributed by atoms with Gasteiger partial charge >= 0.3 is 5.97 Å². The van der Waals surface area contributed by atoms with Crippen molar-refractivity contribution < 1.29 is 14.7 Å².